The first-order valence-corrected chi connectivity index (χ1v) is 10.0. The van der Waals surface area contributed by atoms with Crippen molar-refractivity contribution in [1.29, 1.82) is 0 Å². The standard InChI is InChI=1S/C17H18N2O3S.C2HF3O2/c20-17(12-5-9-23-11-12)19-7-8-21-16-14(19)3-4-15(16)22-13-2-1-6-18-10-13;3-2(4,5)1(6)7/h1-2,5-6,9-11,14-16H,3-4,7-8H2;(H,6,7)/t14-,15+,16+;/m0./s1. The number of rotatable bonds is 3. The summed E-state index contributed by atoms with van der Waals surface area (Å²) < 4.78 is 43.7. The molecule has 0 unspecified atom stereocenters. The second-order valence-electron chi connectivity index (χ2n) is 6.64. The van der Waals surface area contributed by atoms with Gasteiger partial charge in [0.25, 0.3) is 5.91 Å². The van der Waals surface area contributed by atoms with E-state index in [9.17, 15) is 18.0 Å². The van der Waals surface area contributed by atoms with Crippen molar-refractivity contribution in [3.8, 4) is 5.75 Å². The van der Waals surface area contributed by atoms with Crippen LogP contribution >= 0.6 is 11.3 Å². The fourth-order valence-electron chi connectivity index (χ4n) is 3.44. The van der Waals surface area contributed by atoms with Gasteiger partial charge in [-0.25, -0.2) is 4.79 Å². The Bertz CT molecular complexity index is 848. The number of pyridine rings is 1. The molecule has 2 aromatic rings. The minimum absolute atomic E-state index is 0.0257. The van der Waals surface area contributed by atoms with Gasteiger partial charge in [-0.2, -0.15) is 24.5 Å². The number of carboxylic acids is 1. The summed E-state index contributed by atoms with van der Waals surface area (Å²) in [6, 6.07) is 5.74. The number of morpholine rings is 1. The van der Waals surface area contributed by atoms with Crippen LogP contribution in [-0.2, 0) is 9.53 Å². The third-order valence-electron chi connectivity index (χ3n) is 4.73. The van der Waals surface area contributed by atoms with Gasteiger partial charge in [0.15, 0.2) is 0 Å². The predicted octanol–water partition coefficient (Wildman–Crippen LogP) is 3.23. The number of ether oxygens (including phenoxy) is 2. The van der Waals surface area contributed by atoms with Crippen molar-refractivity contribution in [2.75, 3.05) is 13.2 Å². The van der Waals surface area contributed by atoms with Crippen LogP contribution in [0.2, 0.25) is 0 Å². The minimum Gasteiger partial charge on any atom is -0.486 e. The molecule has 1 aliphatic carbocycles. The van der Waals surface area contributed by atoms with Crippen LogP contribution in [0.1, 0.15) is 23.2 Å². The Kier molecular flexibility index (Phi) is 6.93. The van der Waals surface area contributed by atoms with Crippen LogP contribution in [0.5, 0.6) is 5.75 Å². The molecule has 2 fully saturated rings. The number of halogens is 3. The molecule has 0 bridgehead atoms. The Labute approximate surface area is 174 Å². The Morgan fingerprint density at radius 1 is 1.30 bits per heavy atom. The van der Waals surface area contributed by atoms with Crippen molar-refractivity contribution in [3.63, 3.8) is 0 Å². The van der Waals surface area contributed by atoms with E-state index in [4.69, 9.17) is 19.4 Å². The third kappa shape index (κ3) is 5.28. The minimum atomic E-state index is -5.08. The molecule has 1 saturated heterocycles. The van der Waals surface area contributed by atoms with Gasteiger partial charge in [0.2, 0.25) is 0 Å². The molecule has 0 aromatic carbocycles. The number of alkyl halides is 3. The van der Waals surface area contributed by atoms with Crippen molar-refractivity contribution >= 4 is 23.2 Å². The van der Waals surface area contributed by atoms with Gasteiger partial charge in [0.1, 0.15) is 18.0 Å². The molecule has 1 aliphatic heterocycles. The van der Waals surface area contributed by atoms with Crippen LogP contribution in [0.25, 0.3) is 0 Å². The summed E-state index contributed by atoms with van der Waals surface area (Å²) in [4.78, 5) is 27.6. The highest BCUT2D eigenvalue weighted by molar-refractivity contribution is 7.08. The quantitative estimate of drug-likeness (QED) is 0.782. The fraction of sp³-hybridized carbons (Fsp3) is 0.421. The summed E-state index contributed by atoms with van der Waals surface area (Å²) in [6.07, 6.45) is 0.0600. The third-order valence-corrected chi connectivity index (χ3v) is 5.41. The first-order chi connectivity index (χ1) is 14.3. The highest BCUT2D eigenvalue weighted by Gasteiger charge is 2.45. The van der Waals surface area contributed by atoms with E-state index in [1.807, 2.05) is 33.9 Å². The number of aliphatic carboxylic acids is 1. The molecule has 1 saturated carbocycles. The number of aromatic nitrogens is 1. The van der Waals surface area contributed by atoms with Gasteiger partial charge in [0, 0.05) is 18.1 Å². The summed E-state index contributed by atoms with van der Waals surface area (Å²) in [6.45, 7) is 1.21. The van der Waals surface area contributed by atoms with E-state index in [-0.39, 0.29) is 24.2 Å². The highest BCUT2D eigenvalue weighted by Crippen LogP contribution is 2.33. The maximum Gasteiger partial charge on any atom is 0.490 e. The number of carbonyl (C=O) groups is 2. The van der Waals surface area contributed by atoms with E-state index < -0.39 is 12.1 Å². The Morgan fingerprint density at radius 3 is 2.67 bits per heavy atom. The summed E-state index contributed by atoms with van der Waals surface area (Å²) in [5, 5.41) is 11.0. The first kappa shape index (κ1) is 22.0. The van der Waals surface area contributed by atoms with Crippen LogP contribution in [0.3, 0.4) is 0 Å². The molecular formula is C19H19F3N2O5S. The van der Waals surface area contributed by atoms with Gasteiger partial charge in [-0.3, -0.25) is 9.78 Å². The summed E-state index contributed by atoms with van der Waals surface area (Å²) in [7, 11) is 0. The van der Waals surface area contributed by atoms with Crippen molar-refractivity contribution < 1.29 is 37.3 Å². The fourth-order valence-corrected chi connectivity index (χ4v) is 4.07. The lowest BCUT2D eigenvalue weighted by Gasteiger charge is -2.38. The van der Waals surface area contributed by atoms with Crippen molar-refractivity contribution in [2.24, 2.45) is 0 Å². The molecule has 1 amide bonds. The number of fused-ring (bicyclic) bond motifs is 1. The molecule has 3 atom stereocenters. The van der Waals surface area contributed by atoms with Gasteiger partial charge < -0.3 is 19.5 Å². The van der Waals surface area contributed by atoms with E-state index in [0.717, 1.165) is 24.2 Å². The lowest BCUT2D eigenvalue weighted by atomic mass is 10.1. The number of nitrogens with zero attached hydrogens (tertiary/aromatic N) is 2. The molecular weight excluding hydrogens is 425 g/mol. The van der Waals surface area contributed by atoms with E-state index in [1.165, 1.54) is 0 Å². The molecule has 0 spiro atoms. The SMILES string of the molecule is O=C(O)C(F)(F)F.O=C(c1ccsc1)N1CCO[C@H]2[C@H](Oc3cccnc3)CC[C@@H]21. The molecule has 162 valence electrons. The zero-order chi connectivity index (χ0) is 21.7. The van der Waals surface area contributed by atoms with Crippen molar-refractivity contribution in [1.82, 2.24) is 9.88 Å². The number of hydrogen-bond donors (Lipinski definition) is 1. The Morgan fingerprint density at radius 2 is 2.07 bits per heavy atom. The van der Waals surface area contributed by atoms with Gasteiger partial charge in [-0.1, -0.05) is 0 Å². The number of carbonyl (C=O) groups excluding carboxylic acids is 1. The van der Waals surface area contributed by atoms with Crippen LogP contribution in [0, 0.1) is 0 Å². The molecule has 30 heavy (non-hydrogen) atoms. The largest absolute Gasteiger partial charge is 0.490 e. The zero-order valence-corrected chi connectivity index (χ0v) is 16.4. The number of thiophene rings is 1. The first-order valence-electron chi connectivity index (χ1n) is 9.09. The Hall–Kier alpha value is -2.66. The number of amides is 1. The second kappa shape index (κ2) is 9.43. The van der Waals surface area contributed by atoms with Gasteiger partial charge >= 0.3 is 12.1 Å². The molecule has 0 radical (unpaired) electrons. The smallest absolute Gasteiger partial charge is 0.486 e. The zero-order valence-electron chi connectivity index (χ0n) is 15.6. The molecule has 2 aromatic heterocycles. The average Bonchev–Trinajstić information content (AvgIpc) is 3.38. The lowest BCUT2D eigenvalue weighted by Crippen LogP contribution is -2.54. The highest BCUT2D eigenvalue weighted by atomic mass is 32.1. The average molecular weight is 444 g/mol. The number of hydrogen-bond acceptors (Lipinski definition) is 6. The van der Waals surface area contributed by atoms with Crippen molar-refractivity contribution in [3.05, 3.63) is 46.9 Å². The van der Waals surface area contributed by atoms with E-state index in [1.54, 1.807) is 23.7 Å². The van der Waals surface area contributed by atoms with E-state index in [2.05, 4.69) is 4.98 Å². The maximum atomic E-state index is 12.7. The van der Waals surface area contributed by atoms with Crippen LogP contribution in [0.15, 0.2) is 41.4 Å². The van der Waals surface area contributed by atoms with Crippen LogP contribution < -0.4 is 4.74 Å². The van der Waals surface area contributed by atoms with Crippen LogP contribution in [-0.4, -0.2) is 64.4 Å². The molecule has 4 rings (SSSR count). The topological polar surface area (TPSA) is 89.0 Å². The summed E-state index contributed by atoms with van der Waals surface area (Å²) >= 11 is 1.55. The normalized spacial score (nSPS) is 23.2. The molecule has 2 aliphatic rings. The number of carboxylic acid groups (broad SMARTS) is 1. The van der Waals surface area contributed by atoms with Gasteiger partial charge in [-0.05, 0) is 36.4 Å². The Balaban J connectivity index is 0.000000318. The lowest BCUT2D eigenvalue weighted by molar-refractivity contribution is -0.192. The molecule has 1 N–H and O–H groups in total. The van der Waals surface area contributed by atoms with Gasteiger partial charge in [0.05, 0.1) is 24.4 Å². The maximum absolute atomic E-state index is 12.7. The second-order valence-corrected chi connectivity index (χ2v) is 7.42. The molecule has 3 heterocycles. The summed E-state index contributed by atoms with van der Waals surface area (Å²) in [5.41, 5.74) is 0.771. The summed E-state index contributed by atoms with van der Waals surface area (Å²) in [5.74, 6) is -1.90. The van der Waals surface area contributed by atoms with Crippen molar-refractivity contribution in [2.45, 2.75) is 37.3 Å². The van der Waals surface area contributed by atoms with E-state index in [0.29, 0.717) is 13.2 Å². The van der Waals surface area contributed by atoms with Crippen LogP contribution in [0.4, 0.5) is 13.2 Å². The molecule has 11 heteroatoms. The van der Waals surface area contributed by atoms with E-state index >= 15 is 0 Å². The predicted molar refractivity (Wildman–Crippen MR) is 100 cm³/mol. The molecule has 7 nitrogen and oxygen atoms in total. The monoisotopic (exact) mass is 444 g/mol. The van der Waals surface area contributed by atoms with Gasteiger partial charge in [-0.15, -0.1) is 0 Å².